The van der Waals surface area contributed by atoms with Crippen LogP contribution in [0.15, 0.2) is 12.1 Å². The molecule has 1 fully saturated rings. The molecule has 140 valence electrons. The number of Topliss-reactive ketones (excluding diaryl/α,β-unsaturated/α-hetero) is 1. The summed E-state index contributed by atoms with van der Waals surface area (Å²) in [5, 5.41) is 4.03. The topological polar surface area (TPSA) is 45.2 Å². The number of ketones is 1. The van der Waals surface area contributed by atoms with Crippen LogP contribution in [0.3, 0.4) is 0 Å². The average Bonchev–Trinajstić information content (AvgIpc) is 3.34. The number of anilines is 1. The molecule has 2 aromatic rings. The quantitative estimate of drug-likeness (QED) is 0.837. The van der Waals surface area contributed by atoms with Crippen LogP contribution in [-0.2, 0) is 5.41 Å². The number of carbonyl (C=O) groups is 1. The summed E-state index contributed by atoms with van der Waals surface area (Å²) in [7, 11) is 1.89. The van der Waals surface area contributed by atoms with Crippen LogP contribution < -0.4 is 5.32 Å². The fourth-order valence-electron chi connectivity index (χ4n) is 4.40. The van der Waals surface area contributed by atoms with Crippen LogP contribution in [0.1, 0.15) is 56.5 Å². The maximum absolute atomic E-state index is 13.6. The van der Waals surface area contributed by atoms with Crippen LogP contribution in [-0.4, -0.2) is 41.8 Å². The molecular weight excluding hydrogens is 342 g/mol. The van der Waals surface area contributed by atoms with E-state index in [1.54, 1.807) is 11.3 Å². The Morgan fingerprint density at radius 3 is 2.69 bits per heavy atom. The minimum atomic E-state index is -0.0531. The van der Waals surface area contributed by atoms with Crippen LogP contribution >= 0.6 is 11.3 Å². The zero-order valence-corrected chi connectivity index (χ0v) is 17.2. The predicted octanol–water partition coefficient (Wildman–Crippen LogP) is 4.55. The molecule has 1 saturated carbocycles. The van der Waals surface area contributed by atoms with Gasteiger partial charge in [0.05, 0.1) is 16.3 Å². The number of fused-ring (bicyclic) bond motifs is 2. The summed E-state index contributed by atoms with van der Waals surface area (Å²) >= 11 is 1.62. The Balaban J connectivity index is 1.82. The van der Waals surface area contributed by atoms with E-state index in [9.17, 15) is 4.79 Å². The summed E-state index contributed by atoms with van der Waals surface area (Å²) in [6.45, 7) is 11.0. The van der Waals surface area contributed by atoms with Crippen LogP contribution in [0.5, 0.6) is 0 Å². The van der Waals surface area contributed by atoms with Crippen molar-refractivity contribution >= 4 is 32.5 Å². The number of benzene rings is 1. The molecule has 2 atom stereocenters. The van der Waals surface area contributed by atoms with Gasteiger partial charge in [-0.25, -0.2) is 4.98 Å². The second-order valence-corrected chi connectivity index (χ2v) is 9.52. The number of nitrogens with one attached hydrogen (secondary N) is 1. The molecule has 2 aliphatic carbocycles. The Bertz CT molecular complexity index is 852. The number of thiazole rings is 1. The molecule has 0 radical (unpaired) electrons. The highest BCUT2D eigenvalue weighted by molar-refractivity contribution is 7.22. The molecule has 2 aliphatic rings. The average molecular weight is 372 g/mol. The molecule has 0 unspecified atom stereocenters. The minimum absolute atomic E-state index is 0.0164. The first-order valence-electron chi connectivity index (χ1n) is 9.77. The van der Waals surface area contributed by atoms with Crippen molar-refractivity contribution in [3.8, 4) is 0 Å². The van der Waals surface area contributed by atoms with E-state index < -0.39 is 0 Å². The third kappa shape index (κ3) is 2.76. The summed E-state index contributed by atoms with van der Waals surface area (Å²) in [6, 6.07) is 4.23. The fraction of sp³-hybridized carbons (Fsp3) is 0.619. The highest BCUT2D eigenvalue weighted by Crippen LogP contribution is 2.45. The third-order valence-electron chi connectivity index (χ3n) is 6.57. The number of rotatable bonds is 5. The van der Waals surface area contributed by atoms with Gasteiger partial charge in [-0.2, -0.15) is 0 Å². The summed E-state index contributed by atoms with van der Waals surface area (Å²) in [5.74, 6) is 1.37. The lowest BCUT2D eigenvalue weighted by molar-refractivity contribution is 0.0595. The van der Waals surface area contributed by atoms with Crippen LogP contribution in [0, 0.1) is 11.8 Å². The van der Waals surface area contributed by atoms with Gasteiger partial charge in [0.2, 0.25) is 0 Å². The molecule has 0 aliphatic heterocycles. The van der Waals surface area contributed by atoms with Gasteiger partial charge >= 0.3 is 0 Å². The highest BCUT2D eigenvalue weighted by atomic mass is 32.1. The maximum Gasteiger partial charge on any atom is 0.183 e. The van der Waals surface area contributed by atoms with Crippen molar-refractivity contribution in [2.75, 3.05) is 25.5 Å². The molecule has 1 aromatic heterocycles. The fourth-order valence-corrected chi connectivity index (χ4v) is 5.24. The molecule has 4 rings (SSSR count). The molecule has 0 saturated heterocycles. The zero-order chi connectivity index (χ0) is 18.6. The maximum atomic E-state index is 13.6. The van der Waals surface area contributed by atoms with E-state index in [1.165, 1.54) is 12.8 Å². The van der Waals surface area contributed by atoms with Crippen molar-refractivity contribution in [2.45, 2.75) is 52.0 Å². The molecule has 5 heteroatoms. The van der Waals surface area contributed by atoms with Gasteiger partial charge < -0.3 is 5.32 Å². The predicted molar refractivity (Wildman–Crippen MR) is 109 cm³/mol. The molecule has 0 amide bonds. The molecule has 0 spiro atoms. The van der Waals surface area contributed by atoms with E-state index in [-0.39, 0.29) is 17.4 Å². The van der Waals surface area contributed by atoms with E-state index in [0.717, 1.165) is 45.5 Å². The van der Waals surface area contributed by atoms with Crippen LogP contribution in [0.4, 0.5) is 5.13 Å². The third-order valence-corrected chi connectivity index (χ3v) is 7.61. The molecular formula is C21H29N3OS. The smallest absolute Gasteiger partial charge is 0.183 e. The Morgan fingerprint density at radius 1 is 1.35 bits per heavy atom. The Morgan fingerprint density at radius 2 is 2.08 bits per heavy atom. The molecule has 1 N–H and O–H groups in total. The lowest BCUT2D eigenvalue weighted by atomic mass is 9.63. The number of nitrogens with zero attached hydrogens (tertiary/aromatic N) is 2. The van der Waals surface area contributed by atoms with E-state index in [0.29, 0.717) is 5.78 Å². The first-order chi connectivity index (χ1) is 12.4. The first-order valence-corrected chi connectivity index (χ1v) is 10.6. The van der Waals surface area contributed by atoms with Crippen molar-refractivity contribution in [1.82, 2.24) is 9.88 Å². The normalized spacial score (nSPS) is 24.9. The summed E-state index contributed by atoms with van der Waals surface area (Å²) in [6.07, 6.45) is 2.64. The van der Waals surface area contributed by atoms with E-state index in [1.807, 2.05) is 7.05 Å². The standard InChI is InChI=1S/C21H29N3OS/c1-6-24(11-13-7-8-13)18-12(2)21(3,4)15-10-16-17(9-14(15)19(18)25)26-20(22-5)23-16/h9-10,12-13,18H,6-8,11H2,1-5H3,(H,22,23)/t12-,18-/m0/s1. The van der Waals surface area contributed by atoms with Crippen molar-refractivity contribution in [2.24, 2.45) is 11.8 Å². The molecule has 1 heterocycles. The van der Waals surface area contributed by atoms with Gasteiger partial charge in [-0.05, 0) is 54.3 Å². The van der Waals surface area contributed by atoms with Gasteiger partial charge in [-0.1, -0.05) is 39.0 Å². The largest absolute Gasteiger partial charge is 0.365 e. The van der Waals surface area contributed by atoms with Crippen molar-refractivity contribution < 1.29 is 4.79 Å². The minimum Gasteiger partial charge on any atom is -0.365 e. The van der Waals surface area contributed by atoms with Crippen molar-refractivity contribution in [3.63, 3.8) is 0 Å². The Hall–Kier alpha value is -1.46. The Labute approximate surface area is 160 Å². The monoisotopic (exact) mass is 371 g/mol. The summed E-state index contributed by atoms with van der Waals surface area (Å²) < 4.78 is 1.09. The summed E-state index contributed by atoms with van der Waals surface area (Å²) in [4.78, 5) is 20.7. The first kappa shape index (κ1) is 17.9. The van der Waals surface area contributed by atoms with Gasteiger partial charge in [0.1, 0.15) is 0 Å². The number of hydrogen-bond acceptors (Lipinski definition) is 5. The van der Waals surface area contributed by atoms with Gasteiger partial charge in [-0.3, -0.25) is 9.69 Å². The second kappa shape index (κ2) is 6.31. The Kier molecular flexibility index (Phi) is 4.35. The molecule has 4 nitrogen and oxygen atoms in total. The number of likely N-dealkylation sites (N-methyl/N-ethyl adjacent to an activating group) is 1. The van der Waals surface area contributed by atoms with Gasteiger partial charge in [0.25, 0.3) is 0 Å². The number of hydrogen-bond donors (Lipinski definition) is 1. The van der Waals surface area contributed by atoms with Crippen molar-refractivity contribution in [3.05, 3.63) is 23.3 Å². The number of carbonyl (C=O) groups excluding carboxylic acids is 1. The highest BCUT2D eigenvalue weighted by Gasteiger charge is 2.47. The van der Waals surface area contributed by atoms with Gasteiger partial charge in [0, 0.05) is 19.2 Å². The van der Waals surface area contributed by atoms with Gasteiger partial charge in [-0.15, -0.1) is 0 Å². The second-order valence-electron chi connectivity index (χ2n) is 8.48. The number of aromatic nitrogens is 1. The van der Waals surface area contributed by atoms with E-state index in [4.69, 9.17) is 0 Å². The zero-order valence-electron chi connectivity index (χ0n) is 16.4. The van der Waals surface area contributed by atoms with E-state index in [2.05, 4.69) is 55.0 Å². The lowest BCUT2D eigenvalue weighted by Crippen LogP contribution is -2.55. The van der Waals surface area contributed by atoms with Crippen molar-refractivity contribution in [1.29, 1.82) is 0 Å². The lowest BCUT2D eigenvalue weighted by Gasteiger charge is -2.46. The molecule has 26 heavy (non-hydrogen) atoms. The van der Waals surface area contributed by atoms with Crippen LogP contribution in [0.2, 0.25) is 0 Å². The van der Waals surface area contributed by atoms with E-state index >= 15 is 0 Å². The molecule has 0 bridgehead atoms. The summed E-state index contributed by atoms with van der Waals surface area (Å²) in [5.41, 5.74) is 3.01. The van der Waals surface area contributed by atoms with Crippen LogP contribution in [0.25, 0.3) is 10.2 Å². The molecule has 1 aromatic carbocycles. The SMILES string of the molecule is CCN(CC1CC1)[C@@H]1C(=O)c2cc3sc(NC)nc3cc2C(C)(C)[C@H]1C. The van der Waals surface area contributed by atoms with Gasteiger partial charge in [0.15, 0.2) is 10.9 Å².